The summed E-state index contributed by atoms with van der Waals surface area (Å²) in [6.45, 7) is 13.0. The fourth-order valence-electron chi connectivity index (χ4n) is 2.51. The number of likely N-dealkylation sites (tertiary alicyclic amines) is 1. The molecule has 1 aliphatic rings. The van der Waals surface area contributed by atoms with Crippen LogP contribution < -0.4 is 5.73 Å². The Kier molecular flexibility index (Phi) is 4.23. The summed E-state index contributed by atoms with van der Waals surface area (Å²) in [6, 6.07) is 0. The van der Waals surface area contributed by atoms with Crippen LogP contribution >= 0.6 is 0 Å². The maximum atomic E-state index is 12.1. The lowest BCUT2D eigenvalue weighted by atomic mass is 9.73. The molecule has 1 amide bonds. The monoisotopic (exact) mass is 240 g/mol. The number of hydrogen-bond acceptors (Lipinski definition) is 2. The molecule has 1 aliphatic heterocycles. The molecule has 100 valence electrons. The maximum Gasteiger partial charge on any atom is 0.227 e. The lowest BCUT2D eigenvalue weighted by molar-refractivity contribution is -0.141. The summed E-state index contributed by atoms with van der Waals surface area (Å²) >= 11 is 0. The SMILES string of the molecule is CC(C)(C)C(=O)N1CCC(C(C)(C)CN)CC1. The van der Waals surface area contributed by atoms with E-state index in [0.29, 0.717) is 5.92 Å². The number of nitrogens with zero attached hydrogens (tertiary/aromatic N) is 1. The third-order valence-electron chi connectivity index (χ3n) is 4.06. The number of nitrogens with two attached hydrogens (primary N) is 1. The van der Waals surface area contributed by atoms with E-state index in [2.05, 4.69) is 13.8 Å². The van der Waals surface area contributed by atoms with Gasteiger partial charge in [-0.05, 0) is 30.7 Å². The largest absolute Gasteiger partial charge is 0.342 e. The highest BCUT2D eigenvalue weighted by molar-refractivity contribution is 5.81. The Morgan fingerprint density at radius 3 is 2.00 bits per heavy atom. The Labute approximate surface area is 106 Å². The summed E-state index contributed by atoms with van der Waals surface area (Å²) < 4.78 is 0. The first-order valence-corrected chi connectivity index (χ1v) is 6.68. The van der Waals surface area contributed by atoms with Gasteiger partial charge in [0.1, 0.15) is 0 Å². The molecule has 1 saturated heterocycles. The van der Waals surface area contributed by atoms with Crippen LogP contribution in [0.4, 0.5) is 0 Å². The van der Waals surface area contributed by atoms with Gasteiger partial charge in [0.15, 0.2) is 0 Å². The van der Waals surface area contributed by atoms with Crippen molar-refractivity contribution in [3.05, 3.63) is 0 Å². The molecular formula is C14H28N2O. The quantitative estimate of drug-likeness (QED) is 0.804. The van der Waals surface area contributed by atoms with Gasteiger partial charge in [0.25, 0.3) is 0 Å². The zero-order chi connectivity index (χ0) is 13.3. The van der Waals surface area contributed by atoms with Crippen molar-refractivity contribution in [3.63, 3.8) is 0 Å². The Morgan fingerprint density at radius 1 is 1.18 bits per heavy atom. The Bertz CT molecular complexity index is 270. The van der Waals surface area contributed by atoms with Gasteiger partial charge >= 0.3 is 0 Å². The molecule has 17 heavy (non-hydrogen) atoms. The molecule has 3 heteroatoms. The summed E-state index contributed by atoms with van der Waals surface area (Å²) in [5.41, 5.74) is 5.77. The number of carbonyl (C=O) groups is 1. The molecule has 1 rings (SSSR count). The van der Waals surface area contributed by atoms with E-state index in [-0.39, 0.29) is 16.7 Å². The highest BCUT2D eigenvalue weighted by atomic mass is 16.2. The van der Waals surface area contributed by atoms with Gasteiger partial charge in [-0.25, -0.2) is 0 Å². The van der Waals surface area contributed by atoms with Crippen molar-refractivity contribution >= 4 is 5.91 Å². The van der Waals surface area contributed by atoms with Crippen LogP contribution in [-0.2, 0) is 4.79 Å². The van der Waals surface area contributed by atoms with E-state index in [1.807, 2.05) is 25.7 Å². The van der Waals surface area contributed by atoms with Crippen LogP contribution in [0.2, 0.25) is 0 Å². The normalized spacial score (nSPS) is 19.5. The van der Waals surface area contributed by atoms with Crippen LogP contribution in [0.25, 0.3) is 0 Å². The van der Waals surface area contributed by atoms with Crippen LogP contribution in [0.3, 0.4) is 0 Å². The molecule has 0 saturated carbocycles. The maximum absolute atomic E-state index is 12.1. The molecule has 0 aliphatic carbocycles. The van der Waals surface area contributed by atoms with Crippen molar-refractivity contribution in [2.45, 2.75) is 47.5 Å². The van der Waals surface area contributed by atoms with Gasteiger partial charge in [0, 0.05) is 18.5 Å². The third-order valence-corrected chi connectivity index (χ3v) is 4.06. The van der Waals surface area contributed by atoms with Gasteiger partial charge in [-0.3, -0.25) is 4.79 Å². The summed E-state index contributed by atoms with van der Waals surface area (Å²) in [6.07, 6.45) is 2.18. The number of carbonyl (C=O) groups excluding carboxylic acids is 1. The predicted octanol–water partition coefficient (Wildman–Crippen LogP) is 2.26. The van der Waals surface area contributed by atoms with Crippen LogP contribution in [0.5, 0.6) is 0 Å². The molecule has 1 heterocycles. The van der Waals surface area contributed by atoms with Crippen LogP contribution in [0.1, 0.15) is 47.5 Å². The van der Waals surface area contributed by atoms with Crippen LogP contribution in [0.15, 0.2) is 0 Å². The van der Waals surface area contributed by atoms with Crippen molar-refractivity contribution in [2.24, 2.45) is 22.5 Å². The molecule has 0 aromatic heterocycles. The molecule has 0 unspecified atom stereocenters. The van der Waals surface area contributed by atoms with Crippen molar-refractivity contribution in [1.82, 2.24) is 4.90 Å². The Hall–Kier alpha value is -0.570. The highest BCUT2D eigenvalue weighted by Crippen LogP contribution is 2.34. The van der Waals surface area contributed by atoms with E-state index >= 15 is 0 Å². The lowest BCUT2D eigenvalue weighted by Gasteiger charge is -2.41. The van der Waals surface area contributed by atoms with Crippen molar-refractivity contribution in [2.75, 3.05) is 19.6 Å². The van der Waals surface area contributed by atoms with E-state index in [1.165, 1.54) is 0 Å². The second-order valence-electron chi connectivity index (χ2n) is 7.01. The Balaban J connectivity index is 2.55. The summed E-state index contributed by atoms with van der Waals surface area (Å²) in [7, 11) is 0. The standard InChI is InChI=1S/C14H28N2O/c1-13(2,3)12(17)16-8-6-11(7-9-16)14(4,5)10-15/h11H,6-10,15H2,1-5H3. The minimum Gasteiger partial charge on any atom is -0.342 e. The molecule has 1 fully saturated rings. The second-order valence-corrected chi connectivity index (χ2v) is 7.01. The fraction of sp³-hybridized carbons (Fsp3) is 0.929. The number of piperidine rings is 1. The van der Waals surface area contributed by atoms with Gasteiger partial charge in [-0.15, -0.1) is 0 Å². The molecule has 0 aromatic carbocycles. The number of hydrogen-bond donors (Lipinski definition) is 1. The lowest BCUT2D eigenvalue weighted by Crippen LogP contribution is -2.47. The van der Waals surface area contributed by atoms with E-state index in [4.69, 9.17) is 5.73 Å². The summed E-state index contributed by atoms with van der Waals surface area (Å²) in [5, 5.41) is 0. The predicted molar refractivity (Wildman–Crippen MR) is 71.6 cm³/mol. The smallest absolute Gasteiger partial charge is 0.227 e. The van der Waals surface area contributed by atoms with E-state index in [9.17, 15) is 4.79 Å². The Morgan fingerprint density at radius 2 is 1.65 bits per heavy atom. The highest BCUT2D eigenvalue weighted by Gasteiger charge is 2.35. The minimum absolute atomic E-state index is 0.205. The zero-order valence-electron chi connectivity index (χ0n) is 12.0. The first-order valence-electron chi connectivity index (χ1n) is 6.68. The number of rotatable bonds is 2. The fourth-order valence-corrected chi connectivity index (χ4v) is 2.51. The average molecular weight is 240 g/mol. The molecule has 2 N–H and O–H groups in total. The van der Waals surface area contributed by atoms with Gasteiger partial charge in [0.05, 0.1) is 0 Å². The van der Waals surface area contributed by atoms with Gasteiger partial charge < -0.3 is 10.6 Å². The summed E-state index contributed by atoms with van der Waals surface area (Å²) in [5.74, 6) is 0.929. The van der Waals surface area contributed by atoms with Crippen LogP contribution in [0, 0.1) is 16.7 Å². The van der Waals surface area contributed by atoms with Crippen molar-refractivity contribution in [1.29, 1.82) is 0 Å². The molecule has 0 spiro atoms. The molecule has 0 aromatic rings. The molecule has 0 radical (unpaired) electrons. The minimum atomic E-state index is -0.254. The average Bonchev–Trinajstić information content (AvgIpc) is 2.27. The topological polar surface area (TPSA) is 46.3 Å². The molecule has 3 nitrogen and oxygen atoms in total. The van der Waals surface area contributed by atoms with Crippen molar-refractivity contribution < 1.29 is 4.79 Å². The van der Waals surface area contributed by atoms with E-state index in [0.717, 1.165) is 32.5 Å². The van der Waals surface area contributed by atoms with Gasteiger partial charge in [-0.1, -0.05) is 34.6 Å². The first-order chi connectivity index (χ1) is 7.68. The second kappa shape index (κ2) is 4.97. The van der Waals surface area contributed by atoms with E-state index in [1.54, 1.807) is 0 Å². The molecule has 0 atom stereocenters. The van der Waals surface area contributed by atoms with Gasteiger partial charge in [0.2, 0.25) is 5.91 Å². The van der Waals surface area contributed by atoms with Crippen LogP contribution in [-0.4, -0.2) is 30.4 Å². The zero-order valence-corrected chi connectivity index (χ0v) is 12.0. The summed E-state index contributed by atoms with van der Waals surface area (Å²) in [4.78, 5) is 14.2. The molecule has 0 bridgehead atoms. The first kappa shape index (κ1) is 14.5. The third kappa shape index (κ3) is 3.44. The molecular weight excluding hydrogens is 212 g/mol. The van der Waals surface area contributed by atoms with Crippen molar-refractivity contribution in [3.8, 4) is 0 Å². The number of amides is 1. The van der Waals surface area contributed by atoms with Gasteiger partial charge in [-0.2, -0.15) is 0 Å². The van der Waals surface area contributed by atoms with E-state index < -0.39 is 0 Å².